The Bertz CT molecular complexity index is 326. The van der Waals surface area contributed by atoms with Crippen molar-refractivity contribution in [2.75, 3.05) is 5.32 Å². The van der Waals surface area contributed by atoms with Crippen molar-refractivity contribution in [2.45, 2.75) is 32.6 Å². The Kier molecular flexibility index (Phi) is 4.60. The zero-order chi connectivity index (χ0) is 11.1. The highest BCUT2D eigenvalue weighted by Gasteiger charge is 2.05. The Hall–Kier alpha value is -1.58. The van der Waals surface area contributed by atoms with Crippen LogP contribution >= 0.6 is 0 Å². The number of carbonyl (C=O) groups is 1. The molecule has 0 aromatic carbocycles. The molecule has 1 heterocycles. The maximum atomic E-state index is 11.4. The maximum absolute atomic E-state index is 11.4. The van der Waals surface area contributed by atoms with Gasteiger partial charge in [-0.2, -0.15) is 0 Å². The van der Waals surface area contributed by atoms with E-state index in [0.29, 0.717) is 6.42 Å². The molecule has 0 saturated carbocycles. The van der Waals surface area contributed by atoms with Gasteiger partial charge in [-0.1, -0.05) is 19.8 Å². The monoisotopic (exact) mass is 208 g/mol. The lowest BCUT2D eigenvalue weighted by atomic mass is 10.2. The molecule has 0 aliphatic heterocycles. The standard InChI is InChI=1S/C11H16N2O2/c1-2-3-4-7-10(15)13-11-9(14)6-5-8-12-11/h5-6,8,14H,2-4,7H2,1H3,(H,12,13,15). The van der Waals surface area contributed by atoms with Gasteiger partial charge in [0.2, 0.25) is 5.91 Å². The minimum atomic E-state index is -0.0996. The van der Waals surface area contributed by atoms with Gasteiger partial charge in [0, 0.05) is 12.6 Å². The summed E-state index contributed by atoms with van der Waals surface area (Å²) in [4.78, 5) is 15.2. The second-order valence-corrected chi connectivity index (χ2v) is 3.38. The summed E-state index contributed by atoms with van der Waals surface area (Å²) < 4.78 is 0. The van der Waals surface area contributed by atoms with Crippen LogP contribution in [-0.2, 0) is 4.79 Å². The molecule has 1 aromatic rings. The van der Waals surface area contributed by atoms with Gasteiger partial charge in [-0.25, -0.2) is 4.98 Å². The second-order valence-electron chi connectivity index (χ2n) is 3.38. The predicted molar refractivity (Wildman–Crippen MR) is 58.7 cm³/mol. The van der Waals surface area contributed by atoms with Gasteiger partial charge in [0.1, 0.15) is 0 Å². The molecular weight excluding hydrogens is 192 g/mol. The molecule has 15 heavy (non-hydrogen) atoms. The van der Waals surface area contributed by atoms with Gasteiger partial charge in [-0.15, -0.1) is 0 Å². The first-order valence-electron chi connectivity index (χ1n) is 5.18. The molecule has 82 valence electrons. The summed E-state index contributed by atoms with van der Waals surface area (Å²) in [5.41, 5.74) is 0. The minimum absolute atomic E-state index is 0.00124. The highest BCUT2D eigenvalue weighted by atomic mass is 16.3. The molecule has 1 rings (SSSR count). The zero-order valence-corrected chi connectivity index (χ0v) is 8.86. The first-order chi connectivity index (χ1) is 7.24. The number of anilines is 1. The molecule has 0 aliphatic carbocycles. The Labute approximate surface area is 89.3 Å². The van der Waals surface area contributed by atoms with E-state index in [2.05, 4.69) is 17.2 Å². The fraction of sp³-hybridized carbons (Fsp3) is 0.455. The van der Waals surface area contributed by atoms with Crippen molar-refractivity contribution in [3.8, 4) is 5.75 Å². The fourth-order valence-electron chi connectivity index (χ4n) is 1.22. The summed E-state index contributed by atoms with van der Waals surface area (Å²) in [6.45, 7) is 2.09. The van der Waals surface area contributed by atoms with Crippen LogP contribution in [0.1, 0.15) is 32.6 Å². The molecule has 1 aromatic heterocycles. The summed E-state index contributed by atoms with van der Waals surface area (Å²) in [6.07, 6.45) is 5.00. The summed E-state index contributed by atoms with van der Waals surface area (Å²) in [6, 6.07) is 3.11. The van der Waals surface area contributed by atoms with E-state index in [1.807, 2.05) is 0 Å². The van der Waals surface area contributed by atoms with E-state index < -0.39 is 0 Å². The van der Waals surface area contributed by atoms with Gasteiger partial charge in [0.25, 0.3) is 0 Å². The number of rotatable bonds is 5. The normalized spacial score (nSPS) is 9.93. The minimum Gasteiger partial charge on any atom is -0.504 e. The lowest BCUT2D eigenvalue weighted by Crippen LogP contribution is -2.12. The number of hydrogen-bond donors (Lipinski definition) is 2. The summed E-state index contributed by atoms with van der Waals surface area (Å²) in [5.74, 6) is 0.137. The fourth-order valence-corrected chi connectivity index (χ4v) is 1.22. The van der Waals surface area contributed by atoms with Crippen LogP contribution in [0.2, 0.25) is 0 Å². The molecule has 1 amide bonds. The van der Waals surface area contributed by atoms with Crippen LogP contribution in [0.5, 0.6) is 5.75 Å². The number of nitrogens with one attached hydrogen (secondary N) is 1. The smallest absolute Gasteiger partial charge is 0.225 e. The molecule has 0 atom stereocenters. The molecule has 0 saturated heterocycles. The van der Waals surface area contributed by atoms with Crippen LogP contribution < -0.4 is 5.32 Å². The van der Waals surface area contributed by atoms with E-state index in [-0.39, 0.29) is 17.5 Å². The molecule has 4 heteroatoms. The third kappa shape index (κ3) is 3.97. The van der Waals surface area contributed by atoms with Crippen molar-refractivity contribution in [2.24, 2.45) is 0 Å². The third-order valence-electron chi connectivity index (χ3n) is 2.05. The van der Waals surface area contributed by atoms with Gasteiger partial charge in [-0.05, 0) is 18.6 Å². The average molecular weight is 208 g/mol. The van der Waals surface area contributed by atoms with Crippen molar-refractivity contribution in [1.29, 1.82) is 0 Å². The predicted octanol–water partition coefficient (Wildman–Crippen LogP) is 2.31. The third-order valence-corrected chi connectivity index (χ3v) is 2.05. The molecule has 0 unspecified atom stereocenters. The molecule has 0 bridgehead atoms. The van der Waals surface area contributed by atoms with Gasteiger partial charge in [-0.3, -0.25) is 4.79 Å². The first-order valence-corrected chi connectivity index (χ1v) is 5.18. The second kappa shape index (κ2) is 6.01. The molecule has 4 nitrogen and oxygen atoms in total. The summed E-state index contributed by atoms with van der Waals surface area (Å²) >= 11 is 0. The maximum Gasteiger partial charge on any atom is 0.225 e. The number of carbonyl (C=O) groups excluding carboxylic acids is 1. The molecule has 2 N–H and O–H groups in total. The molecule has 0 fully saturated rings. The zero-order valence-electron chi connectivity index (χ0n) is 8.86. The van der Waals surface area contributed by atoms with Gasteiger partial charge < -0.3 is 10.4 Å². The molecule has 0 aliphatic rings. The largest absolute Gasteiger partial charge is 0.504 e. The molecule has 0 radical (unpaired) electrons. The molecular formula is C11H16N2O2. The SMILES string of the molecule is CCCCCC(=O)Nc1ncccc1O. The van der Waals surface area contributed by atoms with Crippen molar-refractivity contribution in [3.05, 3.63) is 18.3 Å². The average Bonchev–Trinajstić information content (AvgIpc) is 2.22. The van der Waals surface area contributed by atoms with Crippen LogP contribution in [-0.4, -0.2) is 16.0 Å². The van der Waals surface area contributed by atoms with Gasteiger partial charge in [0.15, 0.2) is 11.6 Å². The van der Waals surface area contributed by atoms with E-state index in [4.69, 9.17) is 0 Å². The first kappa shape index (κ1) is 11.5. The van der Waals surface area contributed by atoms with E-state index >= 15 is 0 Å². The van der Waals surface area contributed by atoms with E-state index in [9.17, 15) is 9.90 Å². The van der Waals surface area contributed by atoms with Crippen LogP contribution in [0.3, 0.4) is 0 Å². The number of unbranched alkanes of at least 4 members (excludes halogenated alkanes) is 2. The number of pyridine rings is 1. The van der Waals surface area contributed by atoms with Crippen LogP contribution in [0.25, 0.3) is 0 Å². The highest BCUT2D eigenvalue weighted by Crippen LogP contribution is 2.18. The number of hydrogen-bond acceptors (Lipinski definition) is 3. The lowest BCUT2D eigenvalue weighted by Gasteiger charge is -2.05. The van der Waals surface area contributed by atoms with E-state index in [1.165, 1.54) is 12.3 Å². The number of aromatic hydroxyl groups is 1. The number of nitrogens with zero attached hydrogens (tertiary/aromatic N) is 1. The van der Waals surface area contributed by atoms with Crippen molar-refractivity contribution < 1.29 is 9.90 Å². The van der Waals surface area contributed by atoms with Gasteiger partial charge >= 0.3 is 0 Å². The lowest BCUT2D eigenvalue weighted by molar-refractivity contribution is -0.116. The van der Waals surface area contributed by atoms with Crippen LogP contribution in [0.4, 0.5) is 5.82 Å². The van der Waals surface area contributed by atoms with Gasteiger partial charge in [0.05, 0.1) is 0 Å². The van der Waals surface area contributed by atoms with Crippen molar-refractivity contribution in [3.63, 3.8) is 0 Å². The van der Waals surface area contributed by atoms with Crippen molar-refractivity contribution >= 4 is 11.7 Å². The summed E-state index contributed by atoms with van der Waals surface area (Å²) in [5, 5.41) is 11.9. The van der Waals surface area contributed by atoms with E-state index in [1.54, 1.807) is 6.07 Å². The number of amides is 1. The topological polar surface area (TPSA) is 62.2 Å². The Morgan fingerprint density at radius 3 is 3.00 bits per heavy atom. The van der Waals surface area contributed by atoms with E-state index in [0.717, 1.165) is 19.3 Å². The Morgan fingerprint density at radius 2 is 2.33 bits per heavy atom. The quantitative estimate of drug-likeness (QED) is 0.730. The van der Waals surface area contributed by atoms with Crippen LogP contribution in [0.15, 0.2) is 18.3 Å². The Balaban J connectivity index is 2.41. The van der Waals surface area contributed by atoms with Crippen molar-refractivity contribution in [1.82, 2.24) is 4.98 Å². The summed E-state index contributed by atoms with van der Waals surface area (Å²) in [7, 11) is 0. The number of aromatic nitrogens is 1. The molecule has 0 spiro atoms. The Morgan fingerprint density at radius 1 is 1.53 bits per heavy atom. The van der Waals surface area contributed by atoms with Crippen LogP contribution in [0, 0.1) is 0 Å². The highest BCUT2D eigenvalue weighted by molar-refractivity contribution is 5.90.